The number of hydrogen-bond acceptors (Lipinski definition) is 5. The highest BCUT2D eigenvalue weighted by molar-refractivity contribution is 5.79. The molecule has 0 spiro atoms. The van der Waals surface area contributed by atoms with Crippen LogP contribution in [0.3, 0.4) is 0 Å². The maximum absolute atomic E-state index is 11.9. The summed E-state index contributed by atoms with van der Waals surface area (Å²) in [6.07, 6.45) is 0.295. The van der Waals surface area contributed by atoms with E-state index in [-0.39, 0.29) is 31.0 Å². The Bertz CT molecular complexity index is 782. The molecule has 0 atom stereocenters. The van der Waals surface area contributed by atoms with Gasteiger partial charge in [0.25, 0.3) is 0 Å². The average molecular weight is 338 g/mol. The minimum absolute atomic E-state index is 0.0314. The van der Waals surface area contributed by atoms with Crippen molar-refractivity contribution in [1.82, 2.24) is 5.32 Å². The summed E-state index contributed by atoms with van der Waals surface area (Å²) in [5.41, 5.74) is 1.31. The molecule has 0 heterocycles. The highest BCUT2D eigenvalue weighted by atomic mass is 16.6. The van der Waals surface area contributed by atoms with Crippen molar-refractivity contribution in [2.45, 2.75) is 12.8 Å². The molecule has 2 aromatic carbocycles. The van der Waals surface area contributed by atoms with Gasteiger partial charge in [-0.25, -0.2) is 0 Å². The lowest BCUT2D eigenvalue weighted by Gasteiger charge is -2.10. The molecule has 0 aromatic heterocycles. The van der Waals surface area contributed by atoms with E-state index in [0.29, 0.717) is 11.3 Å². The first-order chi connectivity index (χ1) is 12.1. The van der Waals surface area contributed by atoms with Gasteiger partial charge in [0.15, 0.2) is 11.5 Å². The quantitative estimate of drug-likeness (QED) is 0.618. The molecule has 0 bridgehead atoms. The van der Waals surface area contributed by atoms with Crippen LogP contribution in [-0.4, -0.2) is 25.5 Å². The summed E-state index contributed by atoms with van der Waals surface area (Å²) in [6.45, 7) is 0.184. The van der Waals surface area contributed by atoms with Crippen molar-refractivity contribution in [3.05, 3.63) is 59.7 Å². The van der Waals surface area contributed by atoms with Gasteiger partial charge in [-0.3, -0.25) is 9.59 Å². The monoisotopic (exact) mass is 338 g/mol. The lowest BCUT2D eigenvalue weighted by atomic mass is 10.1. The molecular weight excluding hydrogens is 320 g/mol. The fourth-order valence-corrected chi connectivity index (χ4v) is 2.14. The second-order valence-corrected chi connectivity index (χ2v) is 5.21. The molecular formula is C19H18N2O4. The fraction of sp³-hybridized carbons (Fsp3) is 0.211. The van der Waals surface area contributed by atoms with Crippen molar-refractivity contribution in [2.75, 3.05) is 13.7 Å². The van der Waals surface area contributed by atoms with Crippen LogP contribution in [0.1, 0.15) is 17.5 Å². The van der Waals surface area contributed by atoms with Crippen molar-refractivity contribution in [1.29, 1.82) is 5.26 Å². The second-order valence-electron chi connectivity index (χ2n) is 5.21. The van der Waals surface area contributed by atoms with E-state index in [1.165, 1.54) is 25.3 Å². The molecule has 0 fully saturated rings. The lowest BCUT2D eigenvalue weighted by Crippen LogP contribution is -2.28. The molecule has 6 nitrogen and oxygen atoms in total. The Morgan fingerprint density at radius 2 is 1.88 bits per heavy atom. The van der Waals surface area contributed by atoms with E-state index in [0.717, 1.165) is 5.56 Å². The van der Waals surface area contributed by atoms with Crippen molar-refractivity contribution in [3.8, 4) is 17.6 Å². The highest BCUT2D eigenvalue weighted by Crippen LogP contribution is 2.28. The first-order valence-electron chi connectivity index (χ1n) is 7.72. The van der Waals surface area contributed by atoms with Crippen LogP contribution < -0.4 is 14.8 Å². The Hall–Kier alpha value is -3.33. The molecule has 0 aliphatic heterocycles. The largest absolute Gasteiger partial charge is 0.493 e. The Morgan fingerprint density at radius 1 is 1.12 bits per heavy atom. The zero-order valence-corrected chi connectivity index (χ0v) is 13.8. The van der Waals surface area contributed by atoms with Gasteiger partial charge in [-0.1, -0.05) is 30.3 Å². The third-order valence-corrected chi connectivity index (χ3v) is 3.38. The van der Waals surface area contributed by atoms with Crippen molar-refractivity contribution < 1.29 is 19.1 Å². The number of amides is 1. The van der Waals surface area contributed by atoms with Gasteiger partial charge in [0.05, 0.1) is 31.6 Å². The van der Waals surface area contributed by atoms with Crippen LogP contribution in [0.2, 0.25) is 0 Å². The normalized spacial score (nSPS) is 9.76. The first kappa shape index (κ1) is 18.0. The standard InChI is InChI=1S/C19H18N2O4/c1-24-17-11-15(13-20)7-8-16(17)25-19(23)9-10-21-18(22)12-14-5-3-2-4-6-14/h2-8,11H,9-10,12H2,1H3,(H,21,22). The summed E-state index contributed by atoms with van der Waals surface area (Å²) in [5.74, 6) is -0.111. The van der Waals surface area contributed by atoms with Crippen LogP contribution in [0.25, 0.3) is 0 Å². The van der Waals surface area contributed by atoms with Crippen molar-refractivity contribution >= 4 is 11.9 Å². The van der Waals surface area contributed by atoms with E-state index in [1.807, 2.05) is 36.4 Å². The SMILES string of the molecule is COc1cc(C#N)ccc1OC(=O)CCNC(=O)Cc1ccccc1. The third-order valence-electron chi connectivity index (χ3n) is 3.38. The second kappa shape index (κ2) is 9.08. The van der Waals surface area contributed by atoms with Gasteiger partial charge in [-0.15, -0.1) is 0 Å². The first-order valence-corrected chi connectivity index (χ1v) is 7.72. The number of esters is 1. The van der Waals surface area contributed by atoms with Gasteiger partial charge in [-0.2, -0.15) is 5.26 Å². The Balaban J connectivity index is 1.79. The summed E-state index contributed by atoms with van der Waals surface area (Å²) in [7, 11) is 1.43. The molecule has 0 saturated heterocycles. The summed E-state index contributed by atoms with van der Waals surface area (Å²) < 4.78 is 10.3. The molecule has 25 heavy (non-hydrogen) atoms. The zero-order chi connectivity index (χ0) is 18.1. The topological polar surface area (TPSA) is 88.4 Å². The Kier molecular flexibility index (Phi) is 6.55. The van der Waals surface area contributed by atoms with E-state index >= 15 is 0 Å². The maximum atomic E-state index is 11.9. The average Bonchev–Trinajstić information content (AvgIpc) is 2.62. The molecule has 0 unspecified atom stereocenters. The van der Waals surface area contributed by atoms with Crippen molar-refractivity contribution in [3.63, 3.8) is 0 Å². The number of nitrogens with zero attached hydrogens (tertiary/aromatic N) is 1. The molecule has 2 rings (SSSR count). The van der Waals surface area contributed by atoms with Gasteiger partial charge in [0.2, 0.25) is 5.91 Å². The minimum atomic E-state index is -0.497. The fourth-order valence-electron chi connectivity index (χ4n) is 2.14. The summed E-state index contributed by atoms with van der Waals surface area (Å²) in [5, 5.41) is 11.5. The van der Waals surface area contributed by atoms with Gasteiger partial charge >= 0.3 is 5.97 Å². The van der Waals surface area contributed by atoms with E-state index in [4.69, 9.17) is 14.7 Å². The number of carbonyl (C=O) groups is 2. The summed E-state index contributed by atoms with van der Waals surface area (Å²) in [6, 6.07) is 15.9. The molecule has 0 aliphatic carbocycles. The van der Waals surface area contributed by atoms with Gasteiger partial charge in [0.1, 0.15) is 0 Å². The molecule has 1 amide bonds. The van der Waals surface area contributed by atoms with E-state index in [9.17, 15) is 9.59 Å². The van der Waals surface area contributed by atoms with Crippen molar-refractivity contribution in [2.24, 2.45) is 0 Å². The molecule has 0 aliphatic rings. The number of methoxy groups -OCH3 is 1. The van der Waals surface area contributed by atoms with Gasteiger partial charge < -0.3 is 14.8 Å². The van der Waals surface area contributed by atoms with E-state index < -0.39 is 5.97 Å². The molecule has 0 radical (unpaired) electrons. The number of nitrogens with one attached hydrogen (secondary N) is 1. The number of carbonyl (C=O) groups excluding carboxylic acids is 2. The van der Waals surface area contributed by atoms with Gasteiger partial charge in [-0.05, 0) is 17.7 Å². The predicted molar refractivity (Wildman–Crippen MR) is 91.1 cm³/mol. The molecule has 2 aromatic rings. The summed E-state index contributed by atoms with van der Waals surface area (Å²) >= 11 is 0. The lowest BCUT2D eigenvalue weighted by molar-refractivity contribution is -0.134. The zero-order valence-electron chi connectivity index (χ0n) is 13.8. The summed E-state index contributed by atoms with van der Waals surface area (Å²) in [4.78, 5) is 23.7. The third kappa shape index (κ3) is 5.66. The highest BCUT2D eigenvalue weighted by Gasteiger charge is 2.11. The maximum Gasteiger partial charge on any atom is 0.313 e. The number of benzene rings is 2. The smallest absolute Gasteiger partial charge is 0.313 e. The van der Waals surface area contributed by atoms with Crippen LogP contribution in [0.4, 0.5) is 0 Å². The Morgan fingerprint density at radius 3 is 2.56 bits per heavy atom. The van der Waals surface area contributed by atoms with Crippen LogP contribution >= 0.6 is 0 Å². The minimum Gasteiger partial charge on any atom is -0.493 e. The number of ether oxygens (including phenoxy) is 2. The predicted octanol–water partition coefficient (Wildman–Crippen LogP) is 2.22. The molecule has 0 saturated carbocycles. The molecule has 1 N–H and O–H groups in total. The Labute approximate surface area is 146 Å². The van der Waals surface area contributed by atoms with Crippen LogP contribution in [-0.2, 0) is 16.0 Å². The number of hydrogen-bond donors (Lipinski definition) is 1. The van der Waals surface area contributed by atoms with E-state index in [1.54, 1.807) is 0 Å². The molecule has 128 valence electrons. The number of rotatable bonds is 7. The molecule has 6 heteroatoms. The van der Waals surface area contributed by atoms with Crippen LogP contribution in [0, 0.1) is 11.3 Å². The van der Waals surface area contributed by atoms with E-state index in [2.05, 4.69) is 5.32 Å². The van der Waals surface area contributed by atoms with Crippen LogP contribution in [0.15, 0.2) is 48.5 Å². The van der Waals surface area contributed by atoms with Crippen LogP contribution in [0.5, 0.6) is 11.5 Å². The van der Waals surface area contributed by atoms with Gasteiger partial charge in [0, 0.05) is 12.6 Å². The number of nitriles is 1.